The highest BCUT2D eigenvalue weighted by Gasteiger charge is 2.30. The molecule has 1 fully saturated rings. The van der Waals surface area contributed by atoms with Gasteiger partial charge in [0.15, 0.2) is 0 Å². The van der Waals surface area contributed by atoms with E-state index in [1.807, 2.05) is 13.1 Å². The molecule has 2 N–H and O–H groups in total. The van der Waals surface area contributed by atoms with Crippen LogP contribution in [0.3, 0.4) is 0 Å². The number of aromatic nitrogens is 1. The van der Waals surface area contributed by atoms with Crippen molar-refractivity contribution in [3.8, 4) is 0 Å². The Labute approximate surface area is 120 Å². The second kappa shape index (κ2) is 5.77. The van der Waals surface area contributed by atoms with Crippen molar-refractivity contribution in [3.63, 3.8) is 0 Å². The van der Waals surface area contributed by atoms with Gasteiger partial charge in [0.1, 0.15) is 11.7 Å². The number of hydrogen-bond donors (Lipinski definition) is 2. The summed E-state index contributed by atoms with van der Waals surface area (Å²) in [6.45, 7) is 2.59. The lowest BCUT2D eigenvalue weighted by Gasteiger charge is -2.14. The SMILES string of the molecule is CCn1cc(Br)cc1C(=O)NC(CC1CC1)C(=O)O. The van der Waals surface area contributed by atoms with E-state index in [1.165, 1.54) is 0 Å². The molecular weight excluding hydrogens is 312 g/mol. The number of amides is 1. The molecule has 0 radical (unpaired) electrons. The van der Waals surface area contributed by atoms with Crippen molar-refractivity contribution >= 4 is 27.8 Å². The first-order valence-corrected chi connectivity index (χ1v) is 7.20. The van der Waals surface area contributed by atoms with E-state index in [1.54, 1.807) is 10.6 Å². The Morgan fingerprint density at radius 3 is 2.79 bits per heavy atom. The molecule has 1 aliphatic carbocycles. The van der Waals surface area contributed by atoms with E-state index in [0.29, 0.717) is 24.6 Å². The molecule has 2 rings (SSSR count). The van der Waals surface area contributed by atoms with Crippen LogP contribution in [0.5, 0.6) is 0 Å². The third kappa shape index (κ3) is 3.59. The zero-order valence-electron chi connectivity index (χ0n) is 10.7. The van der Waals surface area contributed by atoms with Crippen molar-refractivity contribution in [3.05, 3.63) is 22.4 Å². The number of carboxylic acid groups (broad SMARTS) is 1. The lowest BCUT2D eigenvalue weighted by molar-refractivity contribution is -0.139. The summed E-state index contributed by atoms with van der Waals surface area (Å²) in [6.07, 6.45) is 4.47. The largest absolute Gasteiger partial charge is 0.480 e. The summed E-state index contributed by atoms with van der Waals surface area (Å²) in [5.74, 6) is -0.847. The highest BCUT2D eigenvalue weighted by Crippen LogP contribution is 2.33. The Morgan fingerprint density at radius 1 is 1.58 bits per heavy atom. The molecule has 1 saturated carbocycles. The van der Waals surface area contributed by atoms with E-state index >= 15 is 0 Å². The van der Waals surface area contributed by atoms with Crippen LogP contribution in [0, 0.1) is 5.92 Å². The van der Waals surface area contributed by atoms with Crippen LogP contribution in [0.1, 0.15) is 36.7 Å². The van der Waals surface area contributed by atoms with Gasteiger partial charge in [0.25, 0.3) is 5.91 Å². The fourth-order valence-electron chi connectivity index (χ4n) is 2.07. The van der Waals surface area contributed by atoms with Crippen molar-refractivity contribution in [2.24, 2.45) is 5.92 Å². The summed E-state index contributed by atoms with van der Waals surface area (Å²) in [5, 5.41) is 11.8. The highest BCUT2D eigenvalue weighted by molar-refractivity contribution is 9.10. The maximum absolute atomic E-state index is 12.1. The van der Waals surface area contributed by atoms with E-state index in [9.17, 15) is 9.59 Å². The topological polar surface area (TPSA) is 71.3 Å². The predicted molar refractivity (Wildman–Crippen MR) is 74.0 cm³/mol. The van der Waals surface area contributed by atoms with Crippen LogP contribution in [0.2, 0.25) is 0 Å². The third-order valence-electron chi connectivity index (χ3n) is 3.31. The molecule has 1 aromatic rings. The number of halogens is 1. The van der Waals surface area contributed by atoms with Gasteiger partial charge >= 0.3 is 5.97 Å². The highest BCUT2D eigenvalue weighted by atomic mass is 79.9. The van der Waals surface area contributed by atoms with Gasteiger partial charge in [-0.15, -0.1) is 0 Å². The Hall–Kier alpha value is -1.30. The fourth-order valence-corrected chi connectivity index (χ4v) is 2.53. The minimum Gasteiger partial charge on any atom is -0.480 e. The average Bonchev–Trinajstić information content (AvgIpc) is 3.08. The summed E-state index contributed by atoms with van der Waals surface area (Å²) < 4.78 is 2.60. The molecular formula is C13H17BrN2O3. The van der Waals surface area contributed by atoms with Crippen LogP contribution >= 0.6 is 15.9 Å². The fraction of sp³-hybridized carbons (Fsp3) is 0.538. The summed E-state index contributed by atoms with van der Waals surface area (Å²) in [7, 11) is 0. The molecule has 6 heteroatoms. The Balaban J connectivity index is 2.06. The number of carboxylic acids is 1. The monoisotopic (exact) mass is 328 g/mol. The van der Waals surface area contributed by atoms with E-state index in [0.717, 1.165) is 17.3 Å². The van der Waals surface area contributed by atoms with Gasteiger partial charge in [-0.05, 0) is 41.3 Å². The normalized spacial score (nSPS) is 16.1. The molecule has 1 heterocycles. The van der Waals surface area contributed by atoms with Crippen LogP contribution in [-0.4, -0.2) is 27.6 Å². The number of hydrogen-bond acceptors (Lipinski definition) is 2. The van der Waals surface area contributed by atoms with Gasteiger partial charge < -0.3 is 15.0 Å². The molecule has 104 valence electrons. The standard InChI is InChI=1S/C13H17BrN2O3/c1-2-16-7-9(14)6-11(16)12(17)15-10(13(18)19)5-8-3-4-8/h6-8,10H,2-5H2,1H3,(H,15,17)(H,18,19). The van der Waals surface area contributed by atoms with Crippen LogP contribution < -0.4 is 5.32 Å². The molecule has 0 aromatic carbocycles. The molecule has 0 spiro atoms. The van der Waals surface area contributed by atoms with Gasteiger partial charge in [-0.3, -0.25) is 4.79 Å². The number of rotatable bonds is 6. The van der Waals surface area contributed by atoms with Crippen molar-refractivity contribution < 1.29 is 14.7 Å². The number of carbonyl (C=O) groups is 2. The van der Waals surface area contributed by atoms with Gasteiger partial charge in [0.2, 0.25) is 0 Å². The van der Waals surface area contributed by atoms with Gasteiger partial charge in [-0.2, -0.15) is 0 Å². The number of nitrogens with one attached hydrogen (secondary N) is 1. The summed E-state index contributed by atoms with van der Waals surface area (Å²) >= 11 is 3.32. The molecule has 5 nitrogen and oxygen atoms in total. The number of aliphatic carboxylic acids is 1. The molecule has 1 amide bonds. The van der Waals surface area contributed by atoms with E-state index < -0.39 is 12.0 Å². The molecule has 0 saturated heterocycles. The van der Waals surface area contributed by atoms with Gasteiger partial charge in [-0.25, -0.2) is 4.79 Å². The maximum atomic E-state index is 12.1. The lowest BCUT2D eigenvalue weighted by atomic mass is 10.1. The zero-order valence-corrected chi connectivity index (χ0v) is 12.3. The van der Waals surface area contributed by atoms with E-state index in [-0.39, 0.29) is 5.91 Å². The molecule has 1 atom stereocenters. The first-order chi connectivity index (χ1) is 9.01. The summed E-state index contributed by atoms with van der Waals surface area (Å²) in [6, 6.07) is 0.911. The quantitative estimate of drug-likeness (QED) is 0.841. The zero-order chi connectivity index (χ0) is 14.0. The first-order valence-electron chi connectivity index (χ1n) is 6.40. The number of aryl methyl sites for hydroxylation is 1. The smallest absolute Gasteiger partial charge is 0.326 e. The summed E-state index contributed by atoms with van der Waals surface area (Å²) in [4.78, 5) is 23.3. The van der Waals surface area contributed by atoms with Gasteiger partial charge in [-0.1, -0.05) is 12.8 Å². The second-order valence-corrected chi connectivity index (χ2v) is 5.79. The van der Waals surface area contributed by atoms with Crippen molar-refractivity contribution in [2.45, 2.75) is 38.8 Å². The van der Waals surface area contributed by atoms with Crippen LogP contribution in [-0.2, 0) is 11.3 Å². The Kier molecular flexibility index (Phi) is 4.29. The van der Waals surface area contributed by atoms with Gasteiger partial charge in [0, 0.05) is 17.2 Å². The molecule has 0 aliphatic heterocycles. The Morgan fingerprint density at radius 2 is 2.26 bits per heavy atom. The van der Waals surface area contributed by atoms with E-state index in [2.05, 4.69) is 21.2 Å². The molecule has 1 aliphatic rings. The van der Waals surface area contributed by atoms with Crippen molar-refractivity contribution in [2.75, 3.05) is 0 Å². The lowest BCUT2D eigenvalue weighted by Crippen LogP contribution is -2.41. The third-order valence-corrected chi connectivity index (χ3v) is 3.74. The predicted octanol–water partition coefficient (Wildman–Crippen LogP) is 2.25. The van der Waals surface area contributed by atoms with Crippen LogP contribution in [0.4, 0.5) is 0 Å². The molecule has 1 aromatic heterocycles. The van der Waals surface area contributed by atoms with Crippen molar-refractivity contribution in [1.29, 1.82) is 0 Å². The van der Waals surface area contributed by atoms with Crippen LogP contribution in [0.25, 0.3) is 0 Å². The minimum atomic E-state index is -0.964. The van der Waals surface area contributed by atoms with E-state index in [4.69, 9.17) is 5.11 Å². The van der Waals surface area contributed by atoms with Crippen LogP contribution in [0.15, 0.2) is 16.7 Å². The number of carbonyl (C=O) groups excluding carboxylic acids is 1. The maximum Gasteiger partial charge on any atom is 0.326 e. The number of nitrogens with zero attached hydrogens (tertiary/aromatic N) is 1. The first kappa shape index (κ1) is 14.1. The molecule has 1 unspecified atom stereocenters. The van der Waals surface area contributed by atoms with Crippen molar-refractivity contribution in [1.82, 2.24) is 9.88 Å². The minimum absolute atomic E-state index is 0.333. The second-order valence-electron chi connectivity index (χ2n) is 4.87. The Bertz CT molecular complexity index is 494. The average molecular weight is 329 g/mol. The molecule has 19 heavy (non-hydrogen) atoms. The molecule has 0 bridgehead atoms. The summed E-state index contributed by atoms with van der Waals surface area (Å²) in [5.41, 5.74) is 0.483. The van der Waals surface area contributed by atoms with Gasteiger partial charge in [0.05, 0.1) is 0 Å².